The van der Waals surface area contributed by atoms with Crippen LogP contribution < -0.4 is 5.32 Å². The Balaban J connectivity index is 1.84. The number of aryl methyl sites for hydroxylation is 2. The van der Waals surface area contributed by atoms with Crippen molar-refractivity contribution < 1.29 is 13.5 Å². The largest absolute Gasteiger partial charge is 0.374 e. The van der Waals surface area contributed by atoms with Crippen LogP contribution in [-0.2, 0) is 11.3 Å². The predicted octanol–water partition coefficient (Wildman–Crippen LogP) is 2.38. The molecule has 0 atom stereocenters. The Bertz CT molecular complexity index is 538. The average molecular weight is 289 g/mol. The summed E-state index contributed by atoms with van der Waals surface area (Å²) in [5, 5.41) is 5.25. The van der Waals surface area contributed by atoms with Gasteiger partial charge in [0.05, 0.1) is 18.0 Å². The Morgan fingerprint density at radius 2 is 2.26 bits per heavy atom. The summed E-state index contributed by atoms with van der Waals surface area (Å²) < 4.78 is 30.6. The van der Waals surface area contributed by atoms with Crippen molar-refractivity contribution in [3.05, 3.63) is 22.5 Å². The lowest BCUT2D eigenvalue weighted by Gasteiger charge is -2.07. The van der Waals surface area contributed by atoms with Gasteiger partial charge < -0.3 is 10.1 Å². The lowest BCUT2D eigenvalue weighted by atomic mass is 10.3. The van der Waals surface area contributed by atoms with Gasteiger partial charge >= 0.3 is 0 Å². The van der Waals surface area contributed by atoms with E-state index in [1.165, 1.54) is 0 Å². The van der Waals surface area contributed by atoms with Gasteiger partial charge in [-0.05, 0) is 13.8 Å². The molecule has 1 N–H and O–H groups in total. The number of rotatable bonds is 7. The summed E-state index contributed by atoms with van der Waals surface area (Å²) in [7, 11) is 0. The van der Waals surface area contributed by atoms with Gasteiger partial charge in [0.1, 0.15) is 6.61 Å². The van der Waals surface area contributed by atoms with E-state index in [0.29, 0.717) is 13.1 Å². The van der Waals surface area contributed by atoms with E-state index >= 15 is 0 Å². The Hall–Kier alpha value is -1.05. The van der Waals surface area contributed by atoms with Gasteiger partial charge in [-0.2, -0.15) is 0 Å². The molecule has 2 rings (SSSR count). The first-order chi connectivity index (χ1) is 9.09. The Kier molecular flexibility index (Phi) is 4.84. The Morgan fingerprint density at radius 3 is 3.00 bits per heavy atom. The third-order valence-electron chi connectivity index (χ3n) is 2.79. The maximum absolute atomic E-state index is 11.8. The van der Waals surface area contributed by atoms with Crippen LogP contribution in [-0.4, -0.2) is 35.6 Å². The second kappa shape index (κ2) is 6.40. The lowest BCUT2D eigenvalue weighted by molar-refractivity contribution is 0.0187. The molecule has 0 aromatic carbocycles. The van der Waals surface area contributed by atoms with Gasteiger partial charge in [-0.25, -0.2) is 13.8 Å². The minimum absolute atomic E-state index is 0.286. The maximum atomic E-state index is 11.8. The molecule has 0 spiro atoms. The first kappa shape index (κ1) is 14.4. The first-order valence-electron chi connectivity index (χ1n) is 6.08. The van der Waals surface area contributed by atoms with Crippen molar-refractivity contribution in [3.63, 3.8) is 0 Å². The molecule has 2 aromatic rings. The van der Waals surface area contributed by atoms with Crippen LogP contribution in [0.3, 0.4) is 0 Å². The molecule has 0 aliphatic heterocycles. The summed E-state index contributed by atoms with van der Waals surface area (Å²) in [5.74, 6) is 0. The van der Waals surface area contributed by atoms with Gasteiger partial charge in [0.2, 0.25) is 0 Å². The van der Waals surface area contributed by atoms with Crippen molar-refractivity contribution in [3.8, 4) is 0 Å². The summed E-state index contributed by atoms with van der Waals surface area (Å²) in [6, 6.07) is 0. The maximum Gasteiger partial charge on any atom is 0.261 e. The molecule has 2 heterocycles. The first-order valence-corrected chi connectivity index (χ1v) is 6.96. The van der Waals surface area contributed by atoms with Crippen molar-refractivity contribution in [1.82, 2.24) is 14.7 Å². The van der Waals surface area contributed by atoms with Crippen molar-refractivity contribution >= 4 is 16.3 Å². The average Bonchev–Trinajstić information content (AvgIpc) is 2.84. The number of ether oxygens (including phenoxy) is 1. The van der Waals surface area contributed by atoms with Crippen LogP contribution in [0.1, 0.15) is 17.1 Å². The quantitative estimate of drug-likeness (QED) is 0.795. The zero-order chi connectivity index (χ0) is 13.8. The summed E-state index contributed by atoms with van der Waals surface area (Å²) in [5.41, 5.74) is 3.27. The van der Waals surface area contributed by atoms with E-state index in [4.69, 9.17) is 4.74 Å². The fraction of sp³-hybridized carbons (Fsp3) is 0.583. The zero-order valence-corrected chi connectivity index (χ0v) is 11.8. The van der Waals surface area contributed by atoms with Gasteiger partial charge in [0, 0.05) is 24.2 Å². The normalized spacial score (nSPS) is 11.8. The Morgan fingerprint density at radius 1 is 1.47 bits per heavy atom. The second-order valence-corrected chi connectivity index (χ2v) is 5.12. The molecule has 0 fully saturated rings. The van der Waals surface area contributed by atoms with E-state index in [1.807, 2.05) is 13.8 Å². The number of halogens is 2. The Labute approximate surface area is 114 Å². The smallest absolute Gasteiger partial charge is 0.261 e. The summed E-state index contributed by atoms with van der Waals surface area (Å²) >= 11 is 1.62. The summed E-state index contributed by atoms with van der Waals surface area (Å²) in [6.07, 6.45) is -2.40. The molecule has 0 saturated carbocycles. The molecule has 7 heteroatoms. The van der Waals surface area contributed by atoms with Crippen molar-refractivity contribution in [2.75, 3.05) is 19.8 Å². The number of nitrogens with zero attached hydrogens (tertiary/aromatic N) is 2. The van der Waals surface area contributed by atoms with E-state index in [9.17, 15) is 8.78 Å². The monoisotopic (exact) mass is 289 g/mol. The molecule has 4 nitrogen and oxygen atoms in total. The van der Waals surface area contributed by atoms with E-state index < -0.39 is 13.0 Å². The predicted molar refractivity (Wildman–Crippen MR) is 71.1 cm³/mol. The fourth-order valence-electron chi connectivity index (χ4n) is 1.90. The van der Waals surface area contributed by atoms with E-state index in [0.717, 1.165) is 22.0 Å². The molecule has 2 aromatic heterocycles. The van der Waals surface area contributed by atoms with Crippen LogP contribution in [0.25, 0.3) is 4.96 Å². The van der Waals surface area contributed by atoms with Gasteiger partial charge in [0.15, 0.2) is 4.96 Å². The van der Waals surface area contributed by atoms with Crippen LogP contribution >= 0.6 is 11.3 Å². The highest BCUT2D eigenvalue weighted by Crippen LogP contribution is 2.20. The molecule has 0 aliphatic carbocycles. The topological polar surface area (TPSA) is 38.6 Å². The third-order valence-corrected chi connectivity index (χ3v) is 3.73. The highest BCUT2D eigenvalue weighted by molar-refractivity contribution is 7.15. The minimum atomic E-state index is -2.40. The van der Waals surface area contributed by atoms with Crippen LogP contribution in [0.2, 0.25) is 0 Å². The van der Waals surface area contributed by atoms with E-state index in [2.05, 4.69) is 20.1 Å². The zero-order valence-electron chi connectivity index (χ0n) is 10.9. The van der Waals surface area contributed by atoms with Crippen molar-refractivity contribution in [2.45, 2.75) is 26.8 Å². The number of hydrogen-bond donors (Lipinski definition) is 1. The summed E-state index contributed by atoms with van der Waals surface area (Å²) in [4.78, 5) is 5.47. The molecule has 0 unspecified atom stereocenters. The van der Waals surface area contributed by atoms with E-state index in [-0.39, 0.29) is 6.61 Å². The number of aromatic nitrogens is 2. The van der Waals surface area contributed by atoms with Gasteiger partial charge in [0.25, 0.3) is 6.43 Å². The SMILES string of the molecule is Cc1nc2scc(C)n2c1CNCCOCC(F)F. The highest BCUT2D eigenvalue weighted by atomic mass is 32.1. The van der Waals surface area contributed by atoms with Crippen LogP contribution in [0, 0.1) is 13.8 Å². The number of imidazole rings is 1. The highest BCUT2D eigenvalue weighted by Gasteiger charge is 2.11. The summed E-state index contributed by atoms with van der Waals surface area (Å²) in [6.45, 7) is 5.00. The third kappa shape index (κ3) is 3.49. The molecule has 0 aliphatic rings. The molecule has 0 radical (unpaired) electrons. The molecule has 0 saturated heterocycles. The molecule has 0 bridgehead atoms. The minimum Gasteiger partial charge on any atom is -0.374 e. The van der Waals surface area contributed by atoms with Crippen LogP contribution in [0.5, 0.6) is 0 Å². The molecular formula is C12H17F2N3OS. The number of nitrogens with one attached hydrogen (secondary N) is 1. The van der Waals surface area contributed by atoms with Gasteiger partial charge in [-0.3, -0.25) is 4.40 Å². The molecule has 106 valence electrons. The van der Waals surface area contributed by atoms with Gasteiger partial charge in [-0.1, -0.05) is 0 Å². The number of alkyl halides is 2. The molecule has 0 amide bonds. The standard InChI is InChI=1S/C12H17F2N3OS/c1-8-7-19-12-16-9(2)10(17(8)12)5-15-3-4-18-6-11(13)14/h7,11,15H,3-6H2,1-2H3. The number of thiazole rings is 1. The van der Waals surface area contributed by atoms with Crippen molar-refractivity contribution in [1.29, 1.82) is 0 Å². The molecular weight excluding hydrogens is 272 g/mol. The van der Waals surface area contributed by atoms with Gasteiger partial charge in [-0.15, -0.1) is 11.3 Å². The fourth-order valence-corrected chi connectivity index (χ4v) is 2.83. The van der Waals surface area contributed by atoms with E-state index in [1.54, 1.807) is 11.3 Å². The van der Waals surface area contributed by atoms with Crippen LogP contribution in [0.4, 0.5) is 8.78 Å². The van der Waals surface area contributed by atoms with Crippen LogP contribution in [0.15, 0.2) is 5.38 Å². The number of fused-ring (bicyclic) bond motifs is 1. The second-order valence-electron chi connectivity index (χ2n) is 4.28. The molecule has 19 heavy (non-hydrogen) atoms. The van der Waals surface area contributed by atoms with Crippen molar-refractivity contribution in [2.24, 2.45) is 0 Å². The number of hydrogen-bond acceptors (Lipinski definition) is 4. The lowest BCUT2D eigenvalue weighted by Crippen LogP contribution is -2.21.